The van der Waals surface area contributed by atoms with Crippen LogP contribution in [0.3, 0.4) is 0 Å². The first-order valence-electron chi connectivity index (χ1n) is 15.8. The fourth-order valence-electron chi connectivity index (χ4n) is 8.22. The van der Waals surface area contributed by atoms with Crippen molar-refractivity contribution in [3.05, 3.63) is 103 Å². The molecule has 216 valence electrons. The van der Waals surface area contributed by atoms with Crippen LogP contribution in [0.15, 0.2) is 82.3 Å². The first-order valence-corrected chi connectivity index (χ1v) is 16.6. The van der Waals surface area contributed by atoms with Crippen molar-refractivity contribution in [1.82, 2.24) is 4.57 Å². The van der Waals surface area contributed by atoms with E-state index >= 15 is 0 Å². The monoisotopic (exact) mass is 576 g/mol. The number of thiazole rings is 1. The Balaban J connectivity index is 1.33. The summed E-state index contributed by atoms with van der Waals surface area (Å²) >= 11 is 1.65. The first kappa shape index (κ1) is 27.4. The summed E-state index contributed by atoms with van der Waals surface area (Å²) in [6.45, 7) is 12.8. The number of aromatic nitrogens is 1. The van der Waals surface area contributed by atoms with E-state index in [0.717, 1.165) is 22.2 Å². The third kappa shape index (κ3) is 4.15. The summed E-state index contributed by atoms with van der Waals surface area (Å²) in [4.78, 5) is 16.4. The molecule has 3 aromatic rings. The van der Waals surface area contributed by atoms with E-state index in [9.17, 15) is 4.79 Å². The van der Waals surface area contributed by atoms with Crippen LogP contribution in [0.1, 0.15) is 65.9 Å². The molecule has 4 nitrogen and oxygen atoms in total. The van der Waals surface area contributed by atoms with E-state index in [1.54, 1.807) is 11.3 Å². The molecule has 0 amide bonds. The largest absolute Gasteiger partial charge is 0.341 e. The smallest absolute Gasteiger partial charge is 0.269 e. The van der Waals surface area contributed by atoms with Crippen LogP contribution < -0.4 is 19.7 Å². The molecule has 2 aliphatic carbocycles. The third-order valence-corrected chi connectivity index (χ3v) is 11.2. The Hall–Kier alpha value is -3.44. The highest BCUT2D eigenvalue weighted by atomic mass is 32.1. The molecule has 3 unspecified atom stereocenters. The molecule has 7 rings (SSSR count). The van der Waals surface area contributed by atoms with E-state index in [2.05, 4.69) is 117 Å². The van der Waals surface area contributed by atoms with Crippen molar-refractivity contribution in [1.29, 1.82) is 0 Å². The predicted octanol–water partition coefficient (Wildman–Crippen LogP) is 6.50. The van der Waals surface area contributed by atoms with Gasteiger partial charge < -0.3 is 4.90 Å². The Morgan fingerprint density at radius 2 is 1.79 bits per heavy atom. The Morgan fingerprint density at radius 1 is 1.02 bits per heavy atom. The zero-order valence-corrected chi connectivity index (χ0v) is 26.4. The van der Waals surface area contributed by atoms with Gasteiger partial charge in [0, 0.05) is 53.5 Å². The van der Waals surface area contributed by atoms with Crippen molar-refractivity contribution >= 4 is 40.6 Å². The summed E-state index contributed by atoms with van der Waals surface area (Å²) < 4.78 is 6.27. The lowest BCUT2D eigenvalue weighted by atomic mass is 9.81. The summed E-state index contributed by atoms with van der Waals surface area (Å²) in [5.74, 6) is 1.02. The zero-order valence-electron chi connectivity index (χ0n) is 25.6. The average molecular weight is 577 g/mol. The molecule has 3 atom stereocenters. The van der Waals surface area contributed by atoms with Crippen LogP contribution in [0.4, 0.5) is 11.4 Å². The highest BCUT2D eigenvalue weighted by Crippen LogP contribution is 2.51. The van der Waals surface area contributed by atoms with Gasteiger partial charge in [-0.1, -0.05) is 55.8 Å². The van der Waals surface area contributed by atoms with Gasteiger partial charge in [0.1, 0.15) is 11.2 Å². The molecule has 1 fully saturated rings. The van der Waals surface area contributed by atoms with Crippen LogP contribution >= 0.6 is 11.3 Å². The Bertz CT molecular complexity index is 1830. The number of nitrogens with zero attached hydrogens (tertiary/aromatic N) is 3. The molecule has 5 heteroatoms. The summed E-state index contributed by atoms with van der Waals surface area (Å²) in [5, 5.41) is 0. The van der Waals surface area contributed by atoms with Crippen molar-refractivity contribution in [2.75, 3.05) is 11.4 Å². The van der Waals surface area contributed by atoms with Crippen molar-refractivity contribution in [3.8, 4) is 0 Å². The Labute approximate surface area is 253 Å². The number of hydrogen-bond donors (Lipinski definition) is 0. The van der Waals surface area contributed by atoms with Gasteiger partial charge in [0.2, 0.25) is 5.69 Å². The molecule has 0 bridgehead atoms. The van der Waals surface area contributed by atoms with Gasteiger partial charge in [-0.15, -0.1) is 11.3 Å². The van der Waals surface area contributed by atoms with Gasteiger partial charge in [0.05, 0.1) is 9.95 Å². The van der Waals surface area contributed by atoms with Crippen molar-refractivity contribution in [2.45, 2.75) is 78.3 Å². The number of para-hydroxylation sites is 2. The standard InChI is InChI=1S/C37H42N3OS/c1-6-38-31-18-12-11-17-29(31)37(4,5)33(38)23-34-39(7-2)36(41)32(42-34)22-25-20-24(3)35-28(21-25)27-16-13-19-30(27)40(35)26-14-9-8-10-15-26/h8-12,14-15,17-18,21-24,27,30H,6-7,13,16,19-20H2,1-5H3/q+1. The van der Waals surface area contributed by atoms with Gasteiger partial charge >= 0.3 is 0 Å². The molecule has 3 heterocycles. The molecule has 1 aromatic heterocycles. The van der Waals surface area contributed by atoms with Gasteiger partial charge in [0.25, 0.3) is 5.56 Å². The van der Waals surface area contributed by atoms with Gasteiger partial charge in [-0.3, -0.25) is 9.36 Å². The molecule has 0 saturated heterocycles. The lowest BCUT2D eigenvalue weighted by Crippen LogP contribution is -2.34. The predicted molar refractivity (Wildman–Crippen MR) is 176 cm³/mol. The van der Waals surface area contributed by atoms with Gasteiger partial charge in [-0.25, -0.2) is 0 Å². The van der Waals surface area contributed by atoms with Crippen molar-refractivity contribution in [3.63, 3.8) is 0 Å². The minimum absolute atomic E-state index is 0.121. The van der Waals surface area contributed by atoms with Crippen LogP contribution in [0, 0.1) is 11.8 Å². The van der Waals surface area contributed by atoms with Crippen LogP contribution in [0.5, 0.6) is 0 Å². The SMILES string of the molecule is CCn1c(=CC2=[N+](CC)c3ccccc3C2(C)C)sc(=CC2=CC3=C(C(C)C2)N(c2ccccc2)C2CCCC32)c1=O. The highest BCUT2D eigenvalue weighted by Gasteiger charge is 2.46. The average Bonchev–Trinajstić information content (AvgIpc) is 3.71. The fraction of sp³-hybridized carbons (Fsp3) is 0.405. The lowest BCUT2D eigenvalue weighted by Gasteiger charge is -2.33. The summed E-state index contributed by atoms with van der Waals surface area (Å²) in [5.41, 5.74) is 9.56. The number of allylic oxidation sites excluding steroid dienone is 3. The van der Waals surface area contributed by atoms with Crippen molar-refractivity contribution in [2.24, 2.45) is 11.8 Å². The molecule has 0 spiro atoms. The van der Waals surface area contributed by atoms with Crippen LogP contribution in [-0.4, -0.2) is 27.4 Å². The van der Waals surface area contributed by atoms with Crippen LogP contribution in [0.25, 0.3) is 12.2 Å². The minimum Gasteiger partial charge on any atom is -0.341 e. The molecule has 1 saturated carbocycles. The molecule has 42 heavy (non-hydrogen) atoms. The van der Waals surface area contributed by atoms with E-state index in [4.69, 9.17) is 0 Å². The van der Waals surface area contributed by atoms with E-state index in [0.29, 0.717) is 24.4 Å². The maximum Gasteiger partial charge on any atom is 0.269 e. The Morgan fingerprint density at radius 3 is 2.55 bits per heavy atom. The van der Waals surface area contributed by atoms with E-state index in [1.165, 1.54) is 58.8 Å². The third-order valence-electron chi connectivity index (χ3n) is 10.1. The summed E-state index contributed by atoms with van der Waals surface area (Å²) in [6.07, 6.45) is 11.7. The molecule has 4 aliphatic rings. The maximum atomic E-state index is 13.8. The second-order valence-corrected chi connectivity index (χ2v) is 14.0. The van der Waals surface area contributed by atoms with E-state index in [-0.39, 0.29) is 11.0 Å². The van der Waals surface area contributed by atoms with Crippen molar-refractivity contribution < 1.29 is 4.58 Å². The molecule has 0 N–H and O–H groups in total. The topological polar surface area (TPSA) is 28.2 Å². The molecular weight excluding hydrogens is 534 g/mol. The first-order chi connectivity index (χ1) is 20.3. The number of hydrogen-bond acceptors (Lipinski definition) is 3. The number of fused-ring (bicyclic) bond motifs is 3. The zero-order chi connectivity index (χ0) is 29.2. The van der Waals surface area contributed by atoms with Gasteiger partial charge in [-0.05, 0) is 76.3 Å². The van der Waals surface area contributed by atoms with Crippen LogP contribution in [0.2, 0.25) is 0 Å². The summed E-state index contributed by atoms with van der Waals surface area (Å²) in [6, 6.07) is 20.2. The number of anilines is 1. The molecular formula is C37H42N3OS+. The fourth-order valence-corrected chi connectivity index (χ4v) is 9.35. The normalized spacial score (nSPS) is 25.3. The second-order valence-electron chi connectivity index (χ2n) is 12.9. The molecule has 2 aliphatic heterocycles. The number of benzene rings is 2. The van der Waals surface area contributed by atoms with Gasteiger partial charge in [0.15, 0.2) is 5.71 Å². The second kappa shape index (κ2) is 10.4. The van der Waals surface area contributed by atoms with E-state index in [1.807, 2.05) is 4.57 Å². The quantitative estimate of drug-likeness (QED) is 0.325. The summed E-state index contributed by atoms with van der Waals surface area (Å²) in [7, 11) is 0. The highest BCUT2D eigenvalue weighted by molar-refractivity contribution is 7.07. The van der Waals surface area contributed by atoms with Crippen LogP contribution in [-0.2, 0) is 12.0 Å². The number of rotatable bonds is 5. The molecule has 2 aromatic carbocycles. The maximum absolute atomic E-state index is 13.8. The lowest BCUT2D eigenvalue weighted by molar-refractivity contribution is -0.432. The van der Waals surface area contributed by atoms with Gasteiger partial charge in [-0.2, -0.15) is 4.58 Å². The van der Waals surface area contributed by atoms with E-state index < -0.39 is 0 Å². The Kier molecular flexibility index (Phi) is 6.77. The molecule has 0 radical (unpaired) electrons. The minimum atomic E-state index is -0.121.